The quantitative estimate of drug-likeness (QED) is 0.626. The molecule has 0 atom stereocenters. The van der Waals surface area contributed by atoms with Crippen LogP contribution in [0.1, 0.15) is 27.4 Å². The predicted octanol–water partition coefficient (Wildman–Crippen LogP) is 3.41. The third kappa shape index (κ3) is 3.07. The van der Waals surface area contributed by atoms with Crippen LogP contribution in [0.5, 0.6) is 0 Å². The highest BCUT2D eigenvalue weighted by atomic mass is 35.6. The fourth-order valence-electron chi connectivity index (χ4n) is 1.50. The van der Waals surface area contributed by atoms with Crippen LogP contribution in [-0.4, -0.2) is 15.8 Å². The van der Waals surface area contributed by atoms with Crippen LogP contribution in [-0.2, 0) is 3.79 Å². The molecule has 2 aromatic rings. The standard InChI is InChI=1S/C13H6Cl3N3O/c14-13(15,16)9-7-18-12(19-10(9)6-17)11(20)8-4-2-1-3-5-8/h1-5,7H. The van der Waals surface area contributed by atoms with E-state index in [-0.39, 0.29) is 17.1 Å². The molecule has 0 unspecified atom stereocenters. The molecule has 7 heteroatoms. The Morgan fingerprint density at radius 1 is 1.20 bits per heavy atom. The highest BCUT2D eigenvalue weighted by Gasteiger charge is 2.29. The van der Waals surface area contributed by atoms with E-state index in [1.165, 1.54) is 6.20 Å². The van der Waals surface area contributed by atoms with Crippen LogP contribution >= 0.6 is 34.8 Å². The maximum absolute atomic E-state index is 12.1. The van der Waals surface area contributed by atoms with E-state index in [0.717, 1.165) is 0 Å². The van der Waals surface area contributed by atoms with Crippen LogP contribution in [0.25, 0.3) is 0 Å². The Hall–Kier alpha value is -1.67. The van der Waals surface area contributed by atoms with E-state index in [0.29, 0.717) is 5.56 Å². The second-order valence-electron chi connectivity index (χ2n) is 3.76. The van der Waals surface area contributed by atoms with Gasteiger partial charge in [-0.15, -0.1) is 0 Å². The van der Waals surface area contributed by atoms with Crippen LogP contribution in [0.4, 0.5) is 0 Å². The highest BCUT2D eigenvalue weighted by molar-refractivity contribution is 6.66. The van der Waals surface area contributed by atoms with Crippen molar-refractivity contribution >= 4 is 40.6 Å². The molecule has 0 aliphatic heterocycles. The van der Waals surface area contributed by atoms with Gasteiger partial charge in [-0.05, 0) is 0 Å². The number of nitrogens with zero attached hydrogens (tertiary/aromatic N) is 3. The summed E-state index contributed by atoms with van der Waals surface area (Å²) in [4.78, 5) is 19.9. The topological polar surface area (TPSA) is 66.6 Å². The highest BCUT2D eigenvalue weighted by Crippen LogP contribution is 2.39. The molecule has 0 bridgehead atoms. The van der Waals surface area contributed by atoms with Crippen LogP contribution in [0.3, 0.4) is 0 Å². The van der Waals surface area contributed by atoms with Crippen molar-refractivity contribution < 1.29 is 4.79 Å². The SMILES string of the molecule is N#Cc1nc(C(=O)c2ccccc2)ncc1C(Cl)(Cl)Cl. The number of carbonyl (C=O) groups excluding carboxylic acids is 1. The van der Waals surface area contributed by atoms with E-state index in [1.807, 2.05) is 0 Å². The van der Waals surface area contributed by atoms with Gasteiger partial charge >= 0.3 is 0 Å². The molecule has 1 aromatic heterocycles. The zero-order valence-corrected chi connectivity index (χ0v) is 12.1. The molecule has 2 rings (SSSR count). The molecule has 1 aromatic carbocycles. The molecule has 0 amide bonds. The monoisotopic (exact) mass is 325 g/mol. The van der Waals surface area contributed by atoms with Crippen molar-refractivity contribution in [3.8, 4) is 6.07 Å². The van der Waals surface area contributed by atoms with E-state index in [2.05, 4.69) is 9.97 Å². The van der Waals surface area contributed by atoms with Gasteiger partial charge in [0.1, 0.15) is 6.07 Å². The summed E-state index contributed by atoms with van der Waals surface area (Å²) in [6, 6.07) is 10.3. The Bertz CT molecular complexity index is 690. The zero-order chi connectivity index (χ0) is 14.8. The van der Waals surface area contributed by atoms with Gasteiger partial charge in [0, 0.05) is 11.8 Å². The Morgan fingerprint density at radius 3 is 2.40 bits per heavy atom. The van der Waals surface area contributed by atoms with Gasteiger partial charge in [0.25, 0.3) is 0 Å². The molecule has 0 saturated carbocycles. The molecule has 0 aliphatic carbocycles. The molecule has 20 heavy (non-hydrogen) atoms. The number of carbonyl (C=O) groups is 1. The Kier molecular flexibility index (Phi) is 4.24. The number of hydrogen-bond acceptors (Lipinski definition) is 4. The van der Waals surface area contributed by atoms with Gasteiger partial charge in [-0.2, -0.15) is 5.26 Å². The van der Waals surface area contributed by atoms with Gasteiger partial charge in [-0.1, -0.05) is 65.1 Å². The molecule has 0 fully saturated rings. The minimum Gasteiger partial charge on any atom is -0.285 e. The van der Waals surface area contributed by atoms with Crippen molar-refractivity contribution in [1.29, 1.82) is 5.26 Å². The van der Waals surface area contributed by atoms with Crippen LogP contribution in [0.2, 0.25) is 0 Å². The summed E-state index contributed by atoms with van der Waals surface area (Å²) < 4.78 is -1.82. The van der Waals surface area contributed by atoms with Gasteiger partial charge in [0.05, 0.1) is 5.56 Å². The Balaban J connectivity index is 2.46. The number of benzene rings is 1. The van der Waals surface area contributed by atoms with E-state index in [9.17, 15) is 4.79 Å². The molecule has 0 radical (unpaired) electrons. The molecule has 0 aliphatic rings. The zero-order valence-electron chi connectivity index (χ0n) is 9.85. The van der Waals surface area contributed by atoms with E-state index >= 15 is 0 Å². The number of aromatic nitrogens is 2. The predicted molar refractivity (Wildman–Crippen MR) is 75.9 cm³/mol. The summed E-state index contributed by atoms with van der Waals surface area (Å²) in [7, 11) is 0. The van der Waals surface area contributed by atoms with Gasteiger partial charge < -0.3 is 0 Å². The van der Waals surface area contributed by atoms with Crippen molar-refractivity contribution in [2.75, 3.05) is 0 Å². The molecule has 0 spiro atoms. The van der Waals surface area contributed by atoms with E-state index in [1.54, 1.807) is 36.4 Å². The minimum absolute atomic E-state index is 0.0367. The lowest BCUT2D eigenvalue weighted by molar-refractivity contribution is 0.102. The first-order chi connectivity index (χ1) is 9.43. The lowest BCUT2D eigenvalue weighted by Gasteiger charge is -2.12. The van der Waals surface area contributed by atoms with Crippen molar-refractivity contribution in [2.24, 2.45) is 0 Å². The Labute approximate surface area is 129 Å². The smallest absolute Gasteiger partial charge is 0.230 e. The molecule has 0 saturated heterocycles. The third-order valence-electron chi connectivity index (χ3n) is 2.44. The lowest BCUT2D eigenvalue weighted by Crippen LogP contribution is -2.13. The second kappa shape index (κ2) is 5.76. The fraction of sp³-hybridized carbons (Fsp3) is 0.0769. The first-order valence-electron chi connectivity index (χ1n) is 5.37. The van der Waals surface area contributed by atoms with Gasteiger partial charge in [0.15, 0.2) is 5.69 Å². The summed E-state index contributed by atoms with van der Waals surface area (Å²) in [5.41, 5.74) is 0.312. The number of nitriles is 1. The summed E-state index contributed by atoms with van der Waals surface area (Å²) in [5, 5.41) is 9.03. The number of halogens is 3. The van der Waals surface area contributed by atoms with Crippen molar-refractivity contribution in [1.82, 2.24) is 9.97 Å². The fourth-order valence-corrected chi connectivity index (χ4v) is 1.92. The first-order valence-corrected chi connectivity index (χ1v) is 6.51. The second-order valence-corrected chi connectivity index (χ2v) is 6.04. The summed E-state index contributed by atoms with van der Waals surface area (Å²) >= 11 is 17.1. The maximum atomic E-state index is 12.1. The van der Waals surface area contributed by atoms with Crippen molar-refractivity contribution in [2.45, 2.75) is 3.79 Å². The molecule has 1 heterocycles. The molecule has 100 valence electrons. The number of hydrogen-bond donors (Lipinski definition) is 0. The van der Waals surface area contributed by atoms with Gasteiger partial charge in [-0.3, -0.25) is 4.79 Å². The van der Waals surface area contributed by atoms with Crippen LogP contribution in [0, 0.1) is 11.3 Å². The molecule has 4 nitrogen and oxygen atoms in total. The minimum atomic E-state index is -1.82. The molecular formula is C13H6Cl3N3O. The first kappa shape index (κ1) is 14.7. The van der Waals surface area contributed by atoms with E-state index < -0.39 is 9.58 Å². The average molecular weight is 327 g/mol. The third-order valence-corrected chi connectivity index (χ3v) is 3.05. The maximum Gasteiger partial charge on any atom is 0.230 e. The number of alkyl halides is 3. The molecule has 0 N–H and O–H groups in total. The Morgan fingerprint density at radius 2 is 1.85 bits per heavy atom. The average Bonchev–Trinajstić information content (AvgIpc) is 2.45. The van der Waals surface area contributed by atoms with Crippen LogP contribution < -0.4 is 0 Å². The number of ketones is 1. The van der Waals surface area contributed by atoms with Crippen molar-refractivity contribution in [3.63, 3.8) is 0 Å². The molecular weight excluding hydrogens is 321 g/mol. The summed E-state index contributed by atoms with van der Waals surface area (Å²) in [6.07, 6.45) is 1.18. The van der Waals surface area contributed by atoms with E-state index in [4.69, 9.17) is 40.1 Å². The summed E-state index contributed by atoms with van der Waals surface area (Å²) in [6.45, 7) is 0. The van der Waals surface area contributed by atoms with Gasteiger partial charge in [0.2, 0.25) is 15.4 Å². The summed E-state index contributed by atoms with van der Waals surface area (Å²) in [5.74, 6) is -0.524. The van der Waals surface area contributed by atoms with Gasteiger partial charge in [-0.25, -0.2) is 9.97 Å². The van der Waals surface area contributed by atoms with Crippen LogP contribution in [0.15, 0.2) is 36.5 Å². The lowest BCUT2D eigenvalue weighted by atomic mass is 10.1. The largest absolute Gasteiger partial charge is 0.285 e. The van der Waals surface area contributed by atoms with Crippen molar-refractivity contribution in [3.05, 3.63) is 59.2 Å². The number of rotatable bonds is 2. The normalized spacial score (nSPS) is 10.9.